The first-order chi connectivity index (χ1) is 9.03. The molecule has 2 N–H and O–H groups in total. The van der Waals surface area contributed by atoms with Crippen molar-refractivity contribution in [2.24, 2.45) is 5.41 Å². The summed E-state index contributed by atoms with van der Waals surface area (Å²) < 4.78 is 5.45. The fraction of sp³-hybridized carbons (Fsp3) is 0.667. The Morgan fingerprint density at radius 2 is 2.37 bits per heavy atom. The summed E-state index contributed by atoms with van der Waals surface area (Å²) in [5, 5.41) is 12.5. The van der Waals surface area contributed by atoms with E-state index in [0.717, 1.165) is 30.8 Å². The average molecular weight is 265 g/mol. The Bertz CT molecular complexity index is 440. The van der Waals surface area contributed by atoms with Crippen LogP contribution < -0.4 is 5.32 Å². The zero-order chi connectivity index (χ0) is 13.9. The van der Waals surface area contributed by atoms with E-state index in [2.05, 4.69) is 5.32 Å². The van der Waals surface area contributed by atoms with Crippen molar-refractivity contribution in [2.45, 2.75) is 52.0 Å². The van der Waals surface area contributed by atoms with Gasteiger partial charge in [-0.2, -0.15) is 0 Å². The minimum absolute atomic E-state index is 0.0422. The minimum atomic E-state index is -0.156. The summed E-state index contributed by atoms with van der Waals surface area (Å²) >= 11 is 0. The van der Waals surface area contributed by atoms with Crippen molar-refractivity contribution in [1.29, 1.82) is 0 Å². The molecule has 2 rings (SSSR count). The first-order valence-corrected chi connectivity index (χ1v) is 6.99. The number of carbonyl (C=O) groups is 1. The number of aliphatic hydroxyl groups excluding tert-OH is 1. The molecule has 1 fully saturated rings. The van der Waals surface area contributed by atoms with E-state index in [-0.39, 0.29) is 24.0 Å². The second kappa shape index (κ2) is 5.78. The lowest BCUT2D eigenvalue weighted by Gasteiger charge is -2.30. The van der Waals surface area contributed by atoms with Gasteiger partial charge in [0, 0.05) is 24.3 Å². The van der Waals surface area contributed by atoms with E-state index >= 15 is 0 Å². The molecule has 0 saturated heterocycles. The van der Waals surface area contributed by atoms with Crippen LogP contribution in [-0.2, 0) is 11.2 Å². The molecule has 1 saturated carbocycles. The Kier molecular flexibility index (Phi) is 4.30. The lowest BCUT2D eigenvalue weighted by atomic mass is 9.86. The number of amides is 1. The summed E-state index contributed by atoms with van der Waals surface area (Å²) in [7, 11) is 0. The Labute approximate surface area is 114 Å². The molecule has 4 nitrogen and oxygen atoms in total. The molecule has 0 radical (unpaired) electrons. The Morgan fingerprint density at radius 1 is 1.58 bits per heavy atom. The van der Waals surface area contributed by atoms with Crippen LogP contribution in [0.25, 0.3) is 0 Å². The van der Waals surface area contributed by atoms with Crippen LogP contribution in [0.15, 0.2) is 16.5 Å². The van der Waals surface area contributed by atoms with Crippen LogP contribution in [0.1, 0.15) is 44.1 Å². The van der Waals surface area contributed by atoms with Crippen LogP contribution in [0.5, 0.6) is 0 Å². The summed E-state index contributed by atoms with van der Waals surface area (Å²) in [4.78, 5) is 11.9. The average Bonchev–Trinajstić information content (AvgIpc) is 2.95. The summed E-state index contributed by atoms with van der Waals surface area (Å²) in [6.07, 6.45) is 4.07. The van der Waals surface area contributed by atoms with Crippen molar-refractivity contribution >= 4 is 5.91 Å². The fourth-order valence-corrected chi connectivity index (χ4v) is 2.79. The second-order valence-corrected chi connectivity index (χ2v) is 5.84. The number of nitrogens with one attached hydrogen (secondary N) is 1. The van der Waals surface area contributed by atoms with Crippen LogP contribution in [0.3, 0.4) is 0 Å². The van der Waals surface area contributed by atoms with Gasteiger partial charge in [0.1, 0.15) is 11.5 Å². The molecule has 1 aromatic rings. The zero-order valence-electron chi connectivity index (χ0n) is 11.7. The quantitative estimate of drug-likeness (QED) is 0.858. The predicted octanol–water partition coefficient (Wildman–Crippen LogP) is 2.19. The van der Waals surface area contributed by atoms with E-state index in [1.165, 1.54) is 0 Å². The third-order valence-corrected chi connectivity index (χ3v) is 4.17. The van der Waals surface area contributed by atoms with Gasteiger partial charge in [0.2, 0.25) is 5.91 Å². The number of aliphatic hydroxyl groups is 1. The predicted molar refractivity (Wildman–Crippen MR) is 72.7 cm³/mol. The molecule has 0 aromatic carbocycles. The molecule has 1 aliphatic carbocycles. The van der Waals surface area contributed by atoms with Gasteiger partial charge in [0.15, 0.2) is 0 Å². The van der Waals surface area contributed by atoms with Gasteiger partial charge >= 0.3 is 0 Å². The summed E-state index contributed by atoms with van der Waals surface area (Å²) in [6, 6.07) is 3.92. The van der Waals surface area contributed by atoms with Gasteiger partial charge in [-0.1, -0.05) is 13.3 Å². The maximum atomic E-state index is 11.9. The highest BCUT2D eigenvalue weighted by molar-refractivity contribution is 5.76. The van der Waals surface area contributed by atoms with Crippen molar-refractivity contribution in [3.05, 3.63) is 23.7 Å². The molecular weight excluding hydrogens is 242 g/mol. The van der Waals surface area contributed by atoms with Gasteiger partial charge < -0.3 is 14.8 Å². The molecule has 2 atom stereocenters. The van der Waals surface area contributed by atoms with Crippen LogP contribution in [0.2, 0.25) is 0 Å². The maximum absolute atomic E-state index is 11.9. The molecule has 0 bridgehead atoms. The Hall–Kier alpha value is -1.29. The minimum Gasteiger partial charge on any atom is -0.466 e. The zero-order valence-corrected chi connectivity index (χ0v) is 11.7. The van der Waals surface area contributed by atoms with Gasteiger partial charge in [-0.15, -0.1) is 0 Å². The lowest BCUT2D eigenvalue weighted by Crippen LogP contribution is -2.44. The third kappa shape index (κ3) is 3.38. The fourth-order valence-electron chi connectivity index (χ4n) is 2.79. The van der Waals surface area contributed by atoms with Crippen molar-refractivity contribution in [2.75, 3.05) is 6.61 Å². The van der Waals surface area contributed by atoms with Crippen molar-refractivity contribution < 1.29 is 14.3 Å². The van der Waals surface area contributed by atoms with Gasteiger partial charge in [0.05, 0.1) is 6.61 Å². The first kappa shape index (κ1) is 14.1. The van der Waals surface area contributed by atoms with Crippen LogP contribution in [0, 0.1) is 12.3 Å². The molecule has 0 spiro atoms. The molecule has 0 aliphatic heterocycles. The summed E-state index contributed by atoms with van der Waals surface area (Å²) in [5.74, 6) is 1.77. The van der Waals surface area contributed by atoms with E-state index in [0.29, 0.717) is 12.8 Å². The normalized spacial score (nSPS) is 26.6. The topological polar surface area (TPSA) is 62.5 Å². The number of hydrogen-bond donors (Lipinski definition) is 2. The largest absolute Gasteiger partial charge is 0.466 e. The molecule has 1 heterocycles. The molecule has 4 heteroatoms. The second-order valence-electron chi connectivity index (χ2n) is 5.84. The SMILES string of the molecule is Cc1ccc(CCC(=O)NC2CCCC2(C)CO)o1. The van der Waals surface area contributed by atoms with Crippen molar-refractivity contribution in [3.63, 3.8) is 0 Å². The van der Waals surface area contributed by atoms with Crippen molar-refractivity contribution in [3.8, 4) is 0 Å². The van der Waals surface area contributed by atoms with E-state index in [1.807, 2.05) is 26.0 Å². The summed E-state index contributed by atoms with van der Waals surface area (Å²) in [5.41, 5.74) is -0.156. The molecule has 1 amide bonds. The summed E-state index contributed by atoms with van der Waals surface area (Å²) in [6.45, 7) is 4.07. The number of carbonyl (C=O) groups excluding carboxylic acids is 1. The smallest absolute Gasteiger partial charge is 0.220 e. The van der Waals surface area contributed by atoms with Crippen LogP contribution >= 0.6 is 0 Å². The van der Waals surface area contributed by atoms with Gasteiger partial charge in [-0.05, 0) is 31.9 Å². The van der Waals surface area contributed by atoms with Crippen LogP contribution in [-0.4, -0.2) is 23.7 Å². The first-order valence-electron chi connectivity index (χ1n) is 6.99. The molecule has 106 valence electrons. The third-order valence-electron chi connectivity index (χ3n) is 4.17. The highest BCUT2D eigenvalue weighted by Crippen LogP contribution is 2.37. The van der Waals surface area contributed by atoms with E-state index < -0.39 is 0 Å². The Balaban J connectivity index is 1.81. The van der Waals surface area contributed by atoms with E-state index in [1.54, 1.807) is 0 Å². The highest BCUT2D eigenvalue weighted by atomic mass is 16.3. The van der Waals surface area contributed by atoms with Crippen molar-refractivity contribution in [1.82, 2.24) is 5.32 Å². The van der Waals surface area contributed by atoms with E-state index in [4.69, 9.17) is 4.42 Å². The molecule has 19 heavy (non-hydrogen) atoms. The number of hydrogen-bond acceptors (Lipinski definition) is 3. The van der Waals surface area contributed by atoms with Crippen LogP contribution in [0.4, 0.5) is 0 Å². The highest BCUT2D eigenvalue weighted by Gasteiger charge is 2.38. The maximum Gasteiger partial charge on any atom is 0.220 e. The number of aryl methyl sites for hydroxylation is 2. The van der Waals surface area contributed by atoms with Gasteiger partial charge in [-0.3, -0.25) is 4.79 Å². The molecular formula is C15H23NO3. The Morgan fingerprint density at radius 3 is 3.00 bits per heavy atom. The van der Waals surface area contributed by atoms with E-state index in [9.17, 15) is 9.90 Å². The lowest BCUT2D eigenvalue weighted by molar-refractivity contribution is -0.122. The molecule has 1 aliphatic rings. The van der Waals surface area contributed by atoms with Gasteiger partial charge in [-0.25, -0.2) is 0 Å². The molecule has 2 unspecified atom stereocenters. The monoisotopic (exact) mass is 265 g/mol. The number of furan rings is 1. The molecule has 1 aromatic heterocycles. The van der Waals surface area contributed by atoms with Gasteiger partial charge in [0.25, 0.3) is 0 Å². The number of rotatable bonds is 5. The standard InChI is InChI=1S/C15H23NO3/c1-11-5-6-12(19-11)7-8-14(18)16-13-4-3-9-15(13,2)10-17/h5-6,13,17H,3-4,7-10H2,1-2H3,(H,16,18).